The molecule has 0 fully saturated rings. The Labute approximate surface area is 306 Å². The number of hydrogen-bond acceptors (Lipinski definition) is 7. The first kappa shape index (κ1) is 31.7. The Bertz CT molecular complexity index is 2420. The molecule has 6 nitrogen and oxygen atoms in total. The molecule has 7 heteroatoms. The quantitative estimate of drug-likeness (QED) is 0.165. The summed E-state index contributed by atoms with van der Waals surface area (Å²) in [4.78, 5) is 31.8. The second-order valence-corrected chi connectivity index (χ2v) is 13.9. The van der Waals surface area contributed by atoms with Gasteiger partial charge >= 0.3 is 0 Å². The Kier molecular flexibility index (Phi) is 8.60. The van der Waals surface area contributed by atoms with E-state index in [1.807, 2.05) is 96.7 Å². The molecule has 0 saturated carbocycles. The summed E-state index contributed by atoms with van der Waals surface area (Å²) in [7, 11) is 0. The van der Waals surface area contributed by atoms with Crippen LogP contribution in [0.15, 0.2) is 174 Å². The molecule has 0 saturated heterocycles. The van der Waals surface area contributed by atoms with Crippen LogP contribution in [-0.4, -0.2) is 29.9 Å². The van der Waals surface area contributed by atoms with Gasteiger partial charge in [-0.15, -0.1) is 11.8 Å². The molecule has 1 aliphatic carbocycles. The van der Waals surface area contributed by atoms with Crippen LogP contribution in [0.2, 0.25) is 0 Å². The third-order valence-electron chi connectivity index (χ3n) is 9.14. The highest BCUT2D eigenvalue weighted by Gasteiger charge is 2.29. The molecule has 0 N–H and O–H groups in total. The molecule has 1 atom stereocenters. The number of aromatic nitrogens is 6. The molecule has 2 aliphatic rings. The van der Waals surface area contributed by atoms with Crippen molar-refractivity contribution in [3.8, 4) is 68.1 Å². The van der Waals surface area contributed by atoms with Crippen LogP contribution in [0, 0.1) is 0 Å². The lowest BCUT2D eigenvalue weighted by molar-refractivity contribution is 0.820. The first-order chi connectivity index (χ1) is 25.7. The van der Waals surface area contributed by atoms with E-state index in [-0.39, 0.29) is 5.25 Å². The van der Waals surface area contributed by atoms with Crippen LogP contribution in [0.1, 0.15) is 23.9 Å². The predicted molar refractivity (Wildman–Crippen MR) is 211 cm³/mol. The molecule has 0 amide bonds. The van der Waals surface area contributed by atoms with Crippen LogP contribution >= 0.6 is 11.8 Å². The largest absolute Gasteiger partial charge is 0.212 e. The van der Waals surface area contributed by atoms with E-state index in [2.05, 4.69) is 78.9 Å². The molecular weight excluding hydrogens is 657 g/mol. The van der Waals surface area contributed by atoms with Gasteiger partial charge in [0.05, 0.1) is 5.25 Å². The summed E-state index contributed by atoms with van der Waals surface area (Å²) in [6.07, 6.45) is 10.5. The van der Waals surface area contributed by atoms with Crippen LogP contribution in [0.3, 0.4) is 0 Å². The van der Waals surface area contributed by atoms with Gasteiger partial charge in [-0.05, 0) is 48.2 Å². The summed E-state index contributed by atoms with van der Waals surface area (Å²) in [5, 5.41) is 0.0903. The maximum atomic E-state index is 5.23. The lowest BCUT2D eigenvalue weighted by Crippen LogP contribution is -2.06. The van der Waals surface area contributed by atoms with Gasteiger partial charge in [-0.25, -0.2) is 29.9 Å². The van der Waals surface area contributed by atoms with Crippen LogP contribution in [0.4, 0.5) is 0 Å². The SMILES string of the molecule is C1=CCC2=C(C=C1)SC(c1nc(-c3ccccc3)nc(-c3cc(-c4ccccc4)cc(-c4nc(-c5ccccc5)nc(-c5ccccc5)n4)c3)n1)C2. The summed E-state index contributed by atoms with van der Waals surface area (Å²) in [6.45, 7) is 0. The van der Waals surface area contributed by atoms with E-state index < -0.39 is 0 Å². The standard InChI is InChI=1S/C45H32N6S/c1-6-16-30(17-7-1)35-26-36(43-47-40(31-18-8-2-9-19-31)46-41(48-43)32-20-10-3-11-21-32)28-37(27-35)44-49-42(33-22-12-4-13-23-33)50-45(51-44)39-29-34-24-14-5-15-25-38(34)52-39/h1-23,25-28,39H,24,29H2. The Morgan fingerprint density at radius 1 is 0.423 bits per heavy atom. The van der Waals surface area contributed by atoms with Crippen LogP contribution in [0.25, 0.3) is 68.1 Å². The van der Waals surface area contributed by atoms with Crippen molar-refractivity contribution in [3.63, 3.8) is 0 Å². The second kappa shape index (κ2) is 14.1. The fourth-order valence-corrected chi connectivity index (χ4v) is 7.81. The summed E-state index contributed by atoms with van der Waals surface area (Å²) in [5.74, 6) is 3.84. The molecule has 1 unspecified atom stereocenters. The molecule has 3 heterocycles. The molecule has 7 aromatic rings. The Hall–Kier alpha value is -6.31. The molecule has 2 aromatic heterocycles. The minimum atomic E-state index is 0.0903. The lowest BCUT2D eigenvalue weighted by Gasteiger charge is -2.14. The van der Waals surface area contributed by atoms with Crippen molar-refractivity contribution in [2.75, 3.05) is 0 Å². The summed E-state index contributed by atoms with van der Waals surface area (Å²) >= 11 is 1.84. The van der Waals surface area contributed by atoms with E-state index in [1.165, 1.54) is 10.5 Å². The minimum Gasteiger partial charge on any atom is -0.212 e. The molecule has 0 radical (unpaired) electrons. The fourth-order valence-electron chi connectivity index (χ4n) is 6.52. The van der Waals surface area contributed by atoms with Gasteiger partial charge in [0, 0.05) is 32.7 Å². The molecule has 0 spiro atoms. The van der Waals surface area contributed by atoms with E-state index >= 15 is 0 Å². The zero-order valence-corrected chi connectivity index (χ0v) is 29.0. The van der Waals surface area contributed by atoms with Gasteiger partial charge in [0.25, 0.3) is 0 Å². The van der Waals surface area contributed by atoms with Gasteiger partial charge in [-0.1, -0.05) is 145 Å². The second-order valence-electron chi connectivity index (χ2n) is 12.7. The molecule has 248 valence electrons. The molecule has 5 aromatic carbocycles. The average molecular weight is 689 g/mol. The van der Waals surface area contributed by atoms with Crippen molar-refractivity contribution in [1.29, 1.82) is 0 Å². The summed E-state index contributed by atoms with van der Waals surface area (Å²) in [6, 6.07) is 47.0. The van der Waals surface area contributed by atoms with E-state index in [0.717, 1.165) is 57.6 Å². The highest BCUT2D eigenvalue weighted by molar-refractivity contribution is 8.03. The van der Waals surface area contributed by atoms with E-state index in [4.69, 9.17) is 29.9 Å². The zero-order valence-electron chi connectivity index (χ0n) is 28.2. The number of thioether (sulfide) groups is 1. The summed E-state index contributed by atoms with van der Waals surface area (Å²) in [5.41, 5.74) is 8.01. The Balaban J connectivity index is 1.23. The molecule has 1 aliphatic heterocycles. The number of nitrogens with zero attached hydrogens (tertiary/aromatic N) is 6. The van der Waals surface area contributed by atoms with Crippen molar-refractivity contribution < 1.29 is 0 Å². The summed E-state index contributed by atoms with van der Waals surface area (Å²) < 4.78 is 0. The topological polar surface area (TPSA) is 77.3 Å². The van der Waals surface area contributed by atoms with Crippen LogP contribution < -0.4 is 0 Å². The average Bonchev–Trinajstić information content (AvgIpc) is 3.51. The van der Waals surface area contributed by atoms with Gasteiger partial charge in [-0.2, -0.15) is 0 Å². The normalized spacial score (nSPS) is 15.0. The Morgan fingerprint density at radius 3 is 1.37 bits per heavy atom. The highest BCUT2D eigenvalue weighted by atomic mass is 32.2. The van der Waals surface area contributed by atoms with Crippen molar-refractivity contribution in [1.82, 2.24) is 29.9 Å². The molecule has 9 rings (SSSR count). The maximum Gasteiger partial charge on any atom is 0.164 e. The van der Waals surface area contributed by atoms with Crippen LogP contribution in [-0.2, 0) is 0 Å². The minimum absolute atomic E-state index is 0.0903. The van der Waals surface area contributed by atoms with Gasteiger partial charge in [0.2, 0.25) is 0 Å². The maximum absolute atomic E-state index is 5.23. The third kappa shape index (κ3) is 6.62. The molecule has 52 heavy (non-hydrogen) atoms. The first-order valence-corrected chi connectivity index (χ1v) is 18.2. The zero-order chi connectivity index (χ0) is 34.7. The number of rotatable bonds is 7. The number of benzene rings is 5. The van der Waals surface area contributed by atoms with Gasteiger partial charge in [0.1, 0.15) is 5.82 Å². The predicted octanol–water partition coefficient (Wildman–Crippen LogP) is 11.0. The molecular formula is C45H32N6S. The lowest BCUT2D eigenvalue weighted by atomic mass is 9.98. The van der Waals surface area contributed by atoms with E-state index in [1.54, 1.807) is 0 Å². The van der Waals surface area contributed by atoms with Crippen molar-refractivity contribution >= 4 is 11.8 Å². The van der Waals surface area contributed by atoms with Gasteiger partial charge < -0.3 is 0 Å². The van der Waals surface area contributed by atoms with Crippen molar-refractivity contribution in [2.45, 2.75) is 18.1 Å². The van der Waals surface area contributed by atoms with Gasteiger partial charge in [0.15, 0.2) is 29.1 Å². The molecule has 0 bridgehead atoms. The number of allylic oxidation sites excluding steroid dienone is 5. The third-order valence-corrected chi connectivity index (χ3v) is 10.5. The van der Waals surface area contributed by atoms with Crippen molar-refractivity contribution in [3.05, 3.63) is 180 Å². The fraction of sp³-hybridized carbons (Fsp3) is 0.0667. The number of hydrogen-bond donors (Lipinski definition) is 0. The Morgan fingerprint density at radius 2 is 0.846 bits per heavy atom. The monoisotopic (exact) mass is 688 g/mol. The van der Waals surface area contributed by atoms with Crippen LogP contribution in [0.5, 0.6) is 0 Å². The first-order valence-electron chi connectivity index (χ1n) is 17.3. The highest BCUT2D eigenvalue weighted by Crippen LogP contribution is 2.49. The van der Waals surface area contributed by atoms with Gasteiger partial charge in [-0.3, -0.25) is 0 Å². The van der Waals surface area contributed by atoms with E-state index in [0.29, 0.717) is 29.1 Å². The van der Waals surface area contributed by atoms with E-state index in [9.17, 15) is 0 Å². The van der Waals surface area contributed by atoms with Crippen molar-refractivity contribution in [2.24, 2.45) is 0 Å². The smallest absolute Gasteiger partial charge is 0.164 e.